The fourth-order valence-corrected chi connectivity index (χ4v) is 1.74. The van der Waals surface area contributed by atoms with Crippen molar-refractivity contribution in [2.75, 3.05) is 6.54 Å². The molecule has 2 amide bonds. The smallest absolute Gasteiger partial charge is 0.315 e. The Hall–Kier alpha value is -1.63. The zero-order valence-corrected chi connectivity index (χ0v) is 11.2. The number of hydrogen-bond acceptors (Lipinski definition) is 4. The van der Waals surface area contributed by atoms with Crippen LogP contribution in [0, 0.1) is 5.41 Å². The maximum absolute atomic E-state index is 11.5. The van der Waals surface area contributed by atoms with Gasteiger partial charge < -0.3 is 15.7 Å². The van der Waals surface area contributed by atoms with Crippen LogP contribution in [0.25, 0.3) is 0 Å². The number of amides is 2. The summed E-state index contributed by atoms with van der Waals surface area (Å²) in [5.74, 6) is -0.912. The van der Waals surface area contributed by atoms with E-state index in [0.29, 0.717) is 13.0 Å². The van der Waals surface area contributed by atoms with E-state index in [2.05, 4.69) is 15.6 Å². The van der Waals surface area contributed by atoms with Gasteiger partial charge >= 0.3 is 12.0 Å². The standard InChI is InChI=1S/C11H17N3O3S/c1-3-11(2,9(15)16)7-14-10(17)13-6-8-12-4-5-18-8/h4-5H,3,6-7H2,1-2H3,(H,15,16)(H2,13,14,17). The molecule has 1 rings (SSSR count). The summed E-state index contributed by atoms with van der Waals surface area (Å²) >= 11 is 1.45. The highest BCUT2D eigenvalue weighted by Gasteiger charge is 2.31. The first-order chi connectivity index (χ1) is 8.48. The van der Waals surface area contributed by atoms with Crippen molar-refractivity contribution in [2.45, 2.75) is 26.8 Å². The van der Waals surface area contributed by atoms with E-state index >= 15 is 0 Å². The van der Waals surface area contributed by atoms with Gasteiger partial charge in [-0.25, -0.2) is 9.78 Å². The minimum Gasteiger partial charge on any atom is -0.481 e. The van der Waals surface area contributed by atoms with E-state index in [1.165, 1.54) is 11.3 Å². The summed E-state index contributed by atoms with van der Waals surface area (Å²) in [7, 11) is 0. The molecule has 3 N–H and O–H groups in total. The molecule has 0 aliphatic heterocycles. The number of aromatic nitrogens is 1. The van der Waals surface area contributed by atoms with E-state index in [1.807, 2.05) is 5.38 Å². The molecule has 0 saturated heterocycles. The number of aliphatic carboxylic acids is 1. The maximum atomic E-state index is 11.5. The predicted octanol–water partition coefficient (Wildman–Crippen LogP) is 1.44. The van der Waals surface area contributed by atoms with Crippen LogP contribution in [0.15, 0.2) is 11.6 Å². The number of nitrogens with zero attached hydrogens (tertiary/aromatic N) is 1. The Kier molecular flexibility index (Phi) is 5.08. The minimum atomic E-state index is -0.932. The van der Waals surface area contributed by atoms with E-state index in [9.17, 15) is 9.59 Å². The average molecular weight is 271 g/mol. The molecule has 100 valence electrons. The molecule has 0 spiro atoms. The van der Waals surface area contributed by atoms with Crippen LogP contribution >= 0.6 is 11.3 Å². The SMILES string of the molecule is CCC(C)(CNC(=O)NCc1nccs1)C(=O)O. The molecule has 1 atom stereocenters. The number of carbonyl (C=O) groups excluding carboxylic acids is 1. The molecule has 1 unspecified atom stereocenters. The first-order valence-electron chi connectivity index (χ1n) is 5.61. The Morgan fingerprint density at radius 1 is 1.50 bits per heavy atom. The topological polar surface area (TPSA) is 91.3 Å². The molecule has 0 fully saturated rings. The van der Waals surface area contributed by atoms with Crippen LogP contribution in [-0.4, -0.2) is 28.6 Å². The molecule has 0 saturated carbocycles. The van der Waals surface area contributed by atoms with Gasteiger partial charge in [0.2, 0.25) is 0 Å². The third-order valence-corrected chi connectivity index (χ3v) is 3.60. The van der Waals surface area contributed by atoms with Gasteiger partial charge in [0, 0.05) is 18.1 Å². The van der Waals surface area contributed by atoms with E-state index < -0.39 is 11.4 Å². The normalized spacial score (nSPS) is 13.7. The van der Waals surface area contributed by atoms with Gasteiger partial charge in [-0.3, -0.25) is 4.79 Å². The van der Waals surface area contributed by atoms with Gasteiger partial charge in [0.25, 0.3) is 0 Å². The number of carboxylic acids is 1. The molecule has 1 aromatic rings. The number of nitrogens with one attached hydrogen (secondary N) is 2. The van der Waals surface area contributed by atoms with Crippen LogP contribution in [0.5, 0.6) is 0 Å². The quantitative estimate of drug-likeness (QED) is 0.730. The zero-order valence-electron chi connectivity index (χ0n) is 10.4. The van der Waals surface area contributed by atoms with Crippen LogP contribution in [0.2, 0.25) is 0 Å². The Morgan fingerprint density at radius 3 is 2.72 bits per heavy atom. The summed E-state index contributed by atoms with van der Waals surface area (Å²) < 4.78 is 0. The van der Waals surface area contributed by atoms with Crippen molar-refractivity contribution in [2.24, 2.45) is 5.41 Å². The summed E-state index contributed by atoms with van der Waals surface area (Å²) in [6, 6.07) is -0.383. The summed E-state index contributed by atoms with van der Waals surface area (Å²) in [6.07, 6.45) is 2.12. The number of hydrogen-bond donors (Lipinski definition) is 3. The van der Waals surface area contributed by atoms with Crippen molar-refractivity contribution >= 4 is 23.3 Å². The lowest BCUT2D eigenvalue weighted by Crippen LogP contribution is -2.44. The van der Waals surface area contributed by atoms with Crippen LogP contribution < -0.4 is 10.6 Å². The molecular weight excluding hydrogens is 254 g/mol. The predicted molar refractivity (Wildman–Crippen MR) is 68.4 cm³/mol. The molecular formula is C11H17N3O3S. The van der Waals surface area contributed by atoms with E-state index in [4.69, 9.17) is 5.11 Å². The van der Waals surface area contributed by atoms with Crippen molar-refractivity contribution in [3.8, 4) is 0 Å². The molecule has 0 aliphatic rings. The van der Waals surface area contributed by atoms with Gasteiger partial charge in [-0.1, -0.05) is 6.92 Å². The fourth-order valence-electron chi connectivity index (χ4n) is 1.19. The highest BCUT2D eigenvalue weighted by Crippen LogP contribution is 2.19. The van der Waals surface area contributed by atoms with Gasteiger partial charge in [-0.2, -0.15) is 0 Å². The molecule has 0 aromatic carbocycles. The fraction of sp³-hybridized carbons (Fsp3) is 0.545. The van der Waals surface area contributed by atoms with Gasteiger partial charge in [-0.15, -0.1) is 11.3 Å². The molecule has 0 radical (unpaired) electrons. The molecule has 18 heavy (non-hydrogen) atoms. The second-order valence-corrected chi connectivity index (χ2v) is 5.16. The lowest BCUT2D eigenvalue weighted by atomic mass is 9.88. The Morgan fingerprint density at radius 2 is 2.22 bits per heavy atom. The Bertz CT molecular complexity index is 408. The number of thiazole rings is 1. The van der Waals surface area contributed by atoms with Crippen LogP contribution in [0.3, 0.4) is 0 Å². The number of urea groups is 1. The van der Waals surface area contributed by atoms with E-state index in [1.54, 1.807) is 20.0 Å². The van der Waals surface area contributed by atoms with Crippen molar-refractivity contribution in [3.63, 3.8) is 0 Å². The van der Waals surface area contributed by atoms with Crippen molar-refractivity contribution < 1.29 is 14.7 Å². The lowest BCUT2D eigenvalue weighted by molar-refractivity contribution is -0.147. The largest absolute Gasteiger partial charge is 0.481 e. The molecule has 0 aliphatic carbocycles. The second-order valence-electron chi connectivity index (χ2n) is 4.18. The molecule has 0 bridgehead atoms. The third kappa shape index (κ3) is 3.99. The van der Waals surface area contributed by atoms with Crippen molar-refractivity contribution in [3.05, 3.63) is 16.6 Å². The molecule has 6 nitrogen and oxygen atoms in total. The van der Waals surface area contributed by atoms with Gasteiger partial charge in [-0.05, 0) is 13.3 Å². The number of rotatable bonds is 6. The van der Waals surface area contributed by atoms with E-state index in [0.717, 1.165) is 5.01 Å². The molecule has 1 aromatic heterocycles. The lowest BCUT2D eigenvalue weighted by Gasteiger charge is -2.23. The second kappa shape index (κ2) is 6.34. The average Bonchev–Trinajstić information content (AvgIpc) is 2.86. The van der Waals surface area contributed by atoms with Crippen LogP contribution in [0.1, 0.15) is 25.3 Å². The van der Waals surface area contributed by atoms with Gasteiger partial charge in [0.15, 0.2) is 0 Å². The first kappa shape index (κ1) is 14.4. The van der Waals surface area contributed by atoms with Crippen LogP contribution in [-0.2, 0) is 11.3 Å². The van der Waals surface area contributed by atoms with Crippen molar-refractivity contribution in [1.82, 2.24) is 15.6 Å². The summed E-state index contributed by atoms with van der Waals surface area (Å²) in [5, 5.41) is 16.9. The summed E-state index contributed by atoms with van der Waals surface area (Å²) in [4.78, 5) is 26.5. The zero-order chi connectivity index (χ0) is 13.6. The minimum absolute atomic E-state index is 0.0997. The van der Waals surface area contributed by atoms with Crippen molar-refractivity contribution in [1.29, 1.82) is 0 Å². The third-order valence-electron chi connectivity index (χ3n) is 2.82. The maximum Gasteiger partial charge on any atom is 0.315 e. The molecule has 7 heteroatoms. The first-order valence-corrected chi connectivity index (χ1v) is 6.49. The van der Waals surface area contributed by atoms with Crippen LogP contribution in [0.4, 0.5) is 4.79 Å². The number of carbonyl (C=O) groups is 2. The van der Waals surface area contributed by atoms with E-state index in [-0.39, 0.29) is 12.6 Å². The molecule has 1 heterocycles. The summed E-state index contributed by atoms with van der Waals surface area (Å²) in [6.45, 7) is 3.83. The Balaban J connectivity index is 2.34. The summed E-state index contributed by atoms with van der Waals surface area (Å²) in [5.41, 5.74) is -0.932. The Labute approximate surface area is 109 Å². The van der Waals surface area contributed by atoms with Gasteiger partial charge in [0.1, 0.15) is 5.01 Å². The van der Waals surface area contributed by atoms with Gasteiger partial charge in [0.05, 0.1) is 12.0 Å². The monoisotopic (exact) mass is 271 g/mol. The highest BCUT2D eigenvalue weighted by molar-refractivity contribution is 7.09. The number of carboxylic acid groups (broad SMARTS) is 1. The highest BCUT2D eigenvalue weighted by atomic mass is 32.1.